The Morgan fingerprint density at radius 1 is 0.737 bits per heavy atom. The van der Waals surface area contributed by atoms with Crippen molar-refractivity contribution < 1.29 is 19.8 Å². The molecule has 6 heteroatoms. The lowest BCUT2D eigenvalue weighted by Crippen LogP contribution is -2.68. The number of carbonyl (C=O) groups excluding carboxylic acids is 2. The molecule has 0 saturated heterocycles. The van der Waals surface area contributed by atoms with Gasteiger partial charge in [-0.25, -0.2) is 0 Å². The summed E-state index contributed by atoms with van der Waals surface area (Å²) in [5.74, 6) is -0.367. The molecule has 0 bridgehead atoms. The summed E-state index contributed by atoms with van der Waals surface area (Å²) in [4.78, 5) is 30.1. The van der Waals surface area contributed by atoms with Crippen molar-refractivity contribution in [2.75, 3.05) is 0 Å². The first-order chi connectivity index (χ1) is 17.8. The summed E-state index contributed by atoms with van der Waals surface area (Å²) in [6.45, 7) is 16.8. The average Bonchev–Trinajstić information content (AvgIpc) is 2.83. The van der Waals surface area contributed by atoms with Gasteiger partial charge in [0.2, 0.25) is 11.8 Å². The monoisotopic (exact) mass is 538 g/mol. The summed E-state index contributed by atoms with van der Waals surface area (Å²) in [7, 11) is 0. The molecular formula is C32H62N2O4. The first-order valence-corrected chi connectivity index (χ1v) is 15.9. The highest BCUT2D eigenvalue weighted by Gasteiger charge is 2.55. The third kappa shape index (κ3) is 8.43. The van der Waals surface area contributed by atoms with Crippen molar-refractivity contribution >= 4 is 11.8 Å². The second kappa shape index (κ2) is 15.6. The summed E-state index contributed by atoms with van der Waals surface area (Å²) < 4.78 is 0. The predicted molar refractivity (Wildman–Crippen MR) is 158 cm³/mol. The number of nitrogens with zero attached hydrogens (tertiary/aromatic N) is 1. The number of carbonyl (C=O) groups is 2. The molecule has 6 nitrogen and oxygen atoms in total. The van der Waals surface area contributed by atoms with Crippen LogP contribution in [0.15, 0.2) is 0 Å². The zero-order chi connectivity index (χ0) is 29.1. The van der Waals surface area contributed by atoms with Crippen LogP contribution in [0.5, 0.6) is 0 Å². The molecule has 224 valence electrons. The van der Waals surface area contributed by atoms with Crippen LogP contribution in [0.4, 0.5) is 0 Å². The van der Waals surface area contributed by atoms with Crippen LogP contribution < -0.4 is 5.73 Å². The molecule has 0 aromatic carbocycles. The van der Waals surface area contributed by atoms with Crippen LogP contribution in [-0.4, -0.2) is 50.2 Å². The summed E-state index contributed by atoms with van der Waals surface area (Å²) in [6.07, 6.45) is 10.1. The van der Waals surface area contributed by atoms with Crippen LogP contribution in [0.25, 0.3) is 0 Å². The van der Waals surface area contributed by atoms with Crippen molar-refractivity contribution in [1.29, 1.82) is 0 Å². The summed E-state index contributed by atoms with van der Waals surface area (Å²) in [6, 6.07) is -1.01. The molecule has 1 fully saturated rings. The van der Waals surface area contributed by atoms with Crippen LogP contribution in [0.1, 0.15) is 152 Å². The molecule has 0 heterocycles. The van der Waals surface area contributed by atoms with Crippen molar-refractivity contribution in [1.82, 2.24) is 4.90 Å². The fourth-order valence-electron chi connectivity index (χ4n) is 7.19. The Morgan fingerprint density at radius 2 is 1.08 bits per heavy atom. The molecule has 1 aliphatic rings. The van der Waals surface area contributed by atoms with Gasteiger partial charge in [-0.3, -0.25) is 9.59 Å². The summed E-state index contributed by atoms with van der Waals surface area (Å²) in [5.41, 5.74) is 2.60. The van der Waals surface area contributed by atoms with Crippen molar-refractivity contribution in [2.24, 2.45) is 23.0 Å². The minimum atomic E-state index is -1.28. The number of hydrogen-bond acceptors (Lipinski definition) is 4. The van der Waals surface area contributed by atoms with E-state index < -0.39 is 34.6 Å². The molecule has 1 saturated carbocycles. The second-order valence-corrected chi connectivity index (χ2v) is 13.2. The molecule has 0 unspecified atom stereocenters. The van der Waals surface area contributed by atoms with E-state index >= 15 is 4.79 Å². The maximum atomic E-state index is 15.0. The van der Waals surface area contributed by atoms with Crippen molar-refractivity contribution in [3.63, 3.8) is 0 Å². The number of primary amides is 1. The summed E-state index contributed by atoms with van der Waals surface area (Å²) >= 11 is 0. The van der Waals surface area contributed by atoms with Crippen LogP contribution in [0.2, 0.25) is 0 Å². The van der Waals surface area contributed by atoms with Crippen molar-refractivity contribution in [3.05, 3.63) is 0 Å². The molecule has 2 atom stereocenters. The first-order valence-electron chi connectivity index (χ1n) is 15.9. The van der Waals surface area contributed by atoms with E-state index in [4.69, 9.17) is 5.73 Å². The molecule has 4 N–H and O–H groups in total. The first kappa shape index (κ1) is 34.9. The smallest absolute Gasteiger partial charge is 0.238 e. The Balaban J connectivity index is 4.05. The number of nitrogens with two attached hydrogens (primary N) is 1. The highest BCUT2D eigenvalue weighted by Crippen LogP contribution is 2.45. The van der Waals surface area contributed by atoms with Crippen molar-refractivity contribution in [3.8, 4) is 0 Å². The van der Waals surface area contributed by atoms with Gasteiger partial charge < -0.3 is 20.8 Å². The highest BCUT2D eigenvalue weighted by atomic mass is 16.3. The third-order valence-corrected chi connectivity index (χ3v) is 8.86. The quantitative estimate of drug-likeness (QED) is 0.168. The average molecular weight is 539 g/mol. The van der Waals surface area contributed by atoms with Gasteiger partial charge in [-0.2, -0.15) is 0 Å². The minimum absolute atomic E-state index is 0.219. The zero-order valence-electron chi connectivity index (χ0n) is 26.2. The van der Waals surface area contributed by atoms with E-state index in [2.05, 4.69) is 55.4 Å². The van der Waals surface area contributed by atoms with Gasteiger partial charge in [-0.15, -0.1) is 0 Å². The van der Waals surface area contributed by atoms with Gasteiger partial charge in [0.1, 0.15) is 5.41 Å². The van der Waals surface area contributed by atoms with Crippen molar-refractivity contribution in [2.45, 2.75) is 175 Å². The lowest BCUT2D eigenvalue weighted by atomic mass is 9.69. The van der Waals surface area contributed by atoms with E-state index in [9.17, 15) is 15.0 Å². The lowest BCUT2D eigenvalue weighted by Gasteiger charge is -2.54. The van der Waals surface area contributed by atoms with Gasteiger partial charge >= 0.3 is 0 Å². The van der Waals surface area contributed by atoms with Gasteiger partial charge in [-0.1, -0.05) is 100 Å². The predicted octanol–water partition coefficient (Wildman–Crippen LogP) is 6.74. The molecule has 0 radical (unpaired) electrons. The molecule has 2 amide bonds. The Morgan fingerprint density at radius 3 is 1.34 bits per heavy atom. The Bertz CT molecular complexity index is 666. The van der Waals surface area contributed by atoms with Crippen LogP contribution in [0, 0.1) is 17.3 Å². The zero-order valence-corrected chi connectivity index (χ0v) is 26.2. The summed E-state index contributed by atoms with van der Waals surface area (Å²) in [5, 5.41) is 24.8. The van der Waals surface area contributed by atoms with Gasteiger partial charge in [0.25, 0.3) is 0 Å². The van der Waals surface area contributed by atoms with E-state index in [1.165, 1.54) is 0 Å². The topological polar surface area (TPSA) is 104 Å². The van der Waals surface area contributed by atoms with E-state index in [1.807, 2.05) is 4.90 Å². The molecule has 0 spiro atoms. The van der Waals surface area contributed by atoms with Gasteiger partial charge in [0.05, 0.1) is 23.3 Å². The highest BCUT2D eigenvalue weighted by molar-refractivity contribution is 6.04. The molecule has 0 aromatic heterocycles. The van der Waals surface area contributed by atoms with E-state index in [0.717, 1.165) is 44.9 Å². The molecule has 38 heavy (non-hydrogen) atoms. The normalized spacial score (nSPS) is 18.0. The fraction of sp³-hybridized carbons (Fsp3) is 0.938. The number of hydrogen-bond donors (Lipinski definition) is 3. The molecule has 0 aromatic rings. The van der Waals surface area contributed by atoms with Crippen LogP contribution in [-0.2, 0) is 9.59 Å². The second-order valence-electron chi connectivity index (χ2n) is 13.2. The van der Waals surface area contributed by atoms with E-state index in [1.54, 1.807) is 0 Å². The minimum Gasteiger partial charge on any atom is -0.388 e. The lowest BCUT2D eigenvalue weighted by molar-refractivity contribution is -0.178. The Kier molecular flexibility index (Phi) is 14.3. The number of rotatable bonds is 18. The standard InChI is InChI=1S/C32H62N2O4/c1-9-16-31(37,17-10-2)26(22-24(5)6)34(29(36)30(28(33)35)20-14-13-15-21-30)27(23-25(7)8)32(38,18-11-3)19-12-4/h24-27,37-38H,9-23H2,1-8H3,(H2,33,35)/t26-,27-/m1/s1. The fourth-order valence-corrected chi connectivity index (χ4v) is 7.19. The number of aliphatic hydroxyl groups is 2. The van der Waals surface area contributed by atoms with Crippen LogP contribution in [0.3, 0.4) is 0 Å². The number of amides is 2. The molecular weight excluding hydrogens is 476 g/mol. The van der Waals surface area contributed by atoms with Gasteiger partial charge in [0, 0.05) is 0 Å². The van der Waals surface area contributed by atoms with Gasteiger partial charge in [-0.05, 0) is 63.2 Å². The SMILES string of the molecule is CCCC(O)(CCC)[C@@H](CC(C)C)N(C(=O)C1(C(N)=O)CCCCC1)[C@H](CC(C)C)C(O)(CCC)CCC. The Labute approximate surface area is 234 Å². The third-order valence-electron chi connectivity index (χ3n) is 8.86. The van der Waals surface area contributed by atoms with E-state index in [0.29, 0.717) is 51.4 Å². The molecule has 1 rings (SSSR count). The Hall–Kier alpha value is -1.14. The largest absolute Gasteiger partial charge is 0.388 e. The maximum absolute atomic E-state index is 15.0. The molecule has 1 aliphatic carbocycles. The van der Waals surface area contributed by atoms with Crippen LogP contribution >= 0.6 is 0 Å². The molecule has 0 aliphatic heterocycles. The maximum Gasteiger partial charge on any atom is 0.238 e. The van der Waals surface area contributed by atoms with E-state index in [-0.39, 0.29) is 17.7 Å². The van der Waals surface area contributed by atoms with Gasteiger partial charge in [0.15, 0.2) is 0 Å².